The maximum absolute atomic E-state index is 12.5. The molecule has 2 aliphatic rings. The van der Waals surface area contributed by atoms with Gasteiger partial charge in [0.25, 0.3) is 0 Å². The molecule has 0 radical (unpaired) electrons. The minimum atomic E-state index is 0.169. The number of nitrogens with zero attached hydrogens (tertiary/aromatic N) is 1. The number of ether oxygens (including phenoxy) is 3. The van der Waals surface area contributed by atoms with E-state index < -0.39 is 0 Å². The molecule has 0 spiro atoms. The summed E-state index contributed by atoms with van der Waals surface area (Å²) in [5, 5.41) is 0. The van der Waals surface area contributed by atoms with Gasteiger partial charge in [0, 0.05) is 51.6 Å². The van der Waals surface area contributed by atoms with Crippen molar-refractivity contribution in [2.24, 2.45) is 5.92 Å². The van der Waals surface area contributed by atoms with Crippen LogP contribution in [0.5, 0.6) is 11.5 Å². The molecular formula is C22H33NO4. The van der Waals surface area contributed by atoms with E-state index in [1.165, 1.54) is 0 Å². The summed E-state index contributed by atoms with van der Waals surface area (Å²) in [6, 6.07) is 7.90. The monoisotopic (exact) mass is 375 g/mol. The Balaban J connectivity index is 1.41. The lowest BCUT2D eigenvalue weighted by molar-refractivity contribution is -0.134. The molecule has 0 aromatic heterocycles. The first-order chi connectivity index (χ1) is 13.2. The first kappa shape index (κ1) is 20.0. The van der Waals surface area contributed by atoms with Crippen LogP contribution >= 0.6 is 0 Å². The quantitative estimate of drug-likeness (QED) is 0.643. The SMILES string of the molecule is CCCCOc1cccc(OC2CCN(C(=O)CC3CCOCC3)CC2)c1. The Morgan fingerprint density at radius 1 is 1.15 bits per heavy atom. The van der Waals surface area contributed by atoms with E-state index in [2.05, 4.69) is 6.92 Å². The van der Waals surface area contributed by atoms with Gasteiger partial charge < -0.3 is 19.1 Å². The predicted octanol–water partition coefficient (Wildman–Crippen LogP) is 4.05. The summed E-state index contributed by atoms with van der Waals surface area (Å²) in [6.07, 6.45) is 6.84. The highest BCUT2D eigenvalue weighted by Crippen LogP contribution is 2.25. The second-order valence-electron chi connectivity index (χ2n) is 7.63. The van der Waals surface area contributed by atoms with Gasteiger partial charge in [-0.15, -0.1) is 0 Å². The summed E-state index contributed by atoms with van der Waals surface area (Å²) in [7, 11) is 0. The molecular weight excluding hydrogens is 342 g/mol. The number of likely N-dealkylation sites (tertiary alicyclic amines) is 1. The van der Waals surface area contributed by atoms with Gasteiger partial charge in [0.1, 0.15) is 17.6 Å². The van der Waals surface area contributed by atoms with Crippen molar-refractivity contribution in [3.05, 3.63) is 24.3 Å². The van der Waals surface area contributed by atoms with Crippen LogP contribution < -0.4 is 9.47 Å². The van der Waals surface area contributed by atoms with Crippen molar-refractivity contribution in [1.82, 2.24) is 4.90 Å². The smallest absolute Gasteiger partial charge is 0.222 e. The number of carbonyl (C=O) groups excluding carboxylic acids is 1. The molecule has 0 atom stereocenters. The van der Waals surface area contributed by atoms with Crippen LogP contribution in [-0.2, 0) is 9.53 Å². The Morgan fingerprint density at radius 3 is 2.63 bits per heavy atom. The van der Waals surface area contributed by atoms with E-state index in [9.17, 15) is 4.79 Å². The highest BCUT2D eigenvalue weighted by atomic mass is 16.5. The van der Waals surface area contributed by atoms with Crippen molar-refractivity contribution >= 4 is 5.91 Å². The van der Waals surface area contributed by atoms with Crippen molar-refractivity contribution in [3.63, 3.8) is 0 Å². The Bertz CT molecular complexity index is 577. The van der Waals surface area contributed by atoms with Gasteiger partial charge in [0.2, 0.25) is 5.91 Å². The molecule has 5 heteroatoms. The zero-order valence-corrected chi connectivity index (χ0v) is 16.5. The molecule has 0 unspecified atom stereocenters. The summed E-state index contributed by atoms with van der Waals surface area (Å²) in [6.45, 7) is 6.08. The minimum Gasteiger partial charge on any atom is -0.493 e. The molecule has 2 fully saturated rings. The molecule has 0 N–H and O–H groups in total. The molecule has 1 amide bonds. The zero-order chi connectivity index (χ0) is 18.9. The van der Waals surface area contributed by atoms with Gasteiger partial charge in [-0.2, -0.15) is 0 Å². The van der Waals surface area contributed by atoms with E-state index in [4.69, 9.17) is 14.2 Å². The molecule has 0 bridgehead atoms. The van der Waals surface area contributed by atoms with Gasteiger partial charge in [-0.05, 0) is 37.3 Å². The number of unbranched alkanes of at least 4 members (excludes halogenated alkanes) is 1. The van der Waals surface area contributed by atoms with Crippen LogP contribution in [0.2, 0.25) is 0 Å². The van der Waals surface area contributed by atoms with E-state index in [1.807, 2.05) is 29.2 Å². The van der Waals surface area contributed by atoms with Crippen molar-refractivity contribution < 1.29 is 19.0 Å². The Kier molecular flexibility index (Phi) is 7.81. The summed E-state index contributed by atoms with van der Waals surface area (Å²) >= 11 is 0. The van der Waals surface area contributed by atoms with Crippen LogP contribution in [0.1, 0.15) is 51.9 Å². The largest absolute Gasteiger partial charge is 0.493 e. The van der Waals surface area contributed by atoms with E-state index in [-0.39, 0.29) is 6.10 Å². The fourth-order valence-corrected chi connectivity index (χ4v) is 3.71. The average molecular weight is 376 g/mol. The summed E-state index contributed by atoms with van der Waals surface area (Å²) in [5.41, 5.74) is 0. The highest BCUT2D eigenvalue weighted by molar-refractivity contribution is 5.76. The second kappa shape index (κ2) is 10.5. The maximum atomic E-state index is 12.5. The van der Waals surface area contributed by atoms with Crippen molar-refractivity contribution in [2.45, 2.75) is 58.0 Å². The number of carbonyl (C=O) groups is 1. The lowest BCUT2D eigenvalue weighted by Gasteiger charge is -2.33. The van der Waals surface area contributed by atoms with Crippen molar-refractivity contribution in [3.8, 4) is 11.5 Å². The molecule has 1 aromatic carbocycles. The van der Waals surface area contributed by atoms with Crippen LogP contribution in [0.15, 0.2) is 24.3 Å². The zero-order valence-electron chi connectivity index (χ0n) is 16.5. The van der Waals surface area contributed by atoms with E-state index >= 15 is 0 Å². The van der Waals surface area contributed by atoms with Crippen molar-refractivity contribution in [2.75, 3.05) is 32.9 Å². The number of rotatable bonds is 8. The molecule has 27 heavy (non-hydrogen) atoms. The predicted molar refractivity (Wildman–Crippen MR) is 105 cm³/mol. The van der Waals surface area contributed by atoms with Crippen LogP contribution in [0.3, 0.4) is 0 Å². The molecule has 5 nitrogen and oxygen atoms in total. The Hall–Kier alpha value is -1.75. The van der Waals surface area contributed by atoms with E-state index in [1.54, 1.807) is 0 Å². The fourth-order valence-electron chi connectivity index (χ4n) is 3.71. The Labute approximate surface area is 163 Å². The van der Waals surface area contributed by atoms with Crippen molar-refractivity contribution in [1.29, 1.82) is 0 Å². The normalized spacial score (nSPS) is 19.1. The standard InChI is InChI=1S/C22H33NO4/c1-2-3-13-26-20-5-4-6-21(17-20)27-19-7-11-23(12-8-19)22(24)16-18-9-14-25-15-10-18/h4-6,17-19H,2-3,7-16H2,1H3. The summed E-state index contributed by atoms with van der Waals surface area (Å²) in [4.78, 5) is 14.5. The number of piperidine rings is 1. The number of hydrogen-bond acceptors (Lipinski definition) is 4. The molecule has 2 saturated heterocycles. The molecule has 2 heterocycles. The van der Waals surface area contributed by atoms with Crippen LogP contribution in [0.4, 0.5) is 0 Å². The lowest BCUT2D eigenvalue weighted by atomic mass is 9.95. The molecule has 2 aliphatic heterocycles. The number of amides is 1. The molecule has 3 rings (SSSR count). The maximum Gasteiger partial charge on any atom is 0.222 e. The number of benzene rings is 1. The third kappa shape index (κ3) is 6.42. The van der Waals surface area contributed by atoms with Crippen LogP contribution in [0.25, 0.3) is 0 Å². The third-order valence-electron chi connectivity index (χ3n) is 5.47. The third-order valence-corrected chi connectivity index (χ3v) is 5.47. The average Bonchev–Trinajstić information content (AvgIpc) is 2.70. The first-order valence-corrected chi connectivity index (χ1v) is 10.5. The fraction of sp³-hybridized carbons (Fsp3) is 0.682. The first-order valence-electron chi connectivity index (χ1n) is 10.5. The van der Waals surface area contributed by atoms with E-state index in [0.29, 0.717) is 18.2 Å². The van der Waals surface area contributed by atoms with Gasteiger partial charge in [0.05, 0.1) is 6.61 Å². The lowest BCUT2D eigenvalue weighted by Crippen LogP contribution is -2.42. The van der Waals surface area contributed by atoms with Gasteiger partial charge in [-0.25, -0.2) is 0 Å². The molecule has 0 saturated carbocycles. The number of hydrogen-bond donors (Lipinski definition) is 0. The molecule has 1 aromatic rings. The minimum absolute atomic E-state index is 0.169. The van der Waals surface area contributed by atoms with Gasteiger partial charge in [-0.1, -0.05) is 19.4 Å². The topological polar surface area (TPSA) is 48.0 Å². The molecule has 0 aliphatic carbocycles. The highest BCUT2D eigenvalue weighted by Gasteiger charge is 2.26. The second-order valence-corrected chi connectivity index (χ2v) is 7.63. The van der Waals surface area contributed by atoms with Gasteiger partial charge >= 0.3 is 0 Å². The van der Waals surface area contributed by atoms with Gasteiger partial charge in [-0.3, -0.25) is 4.79 Å². The Morgan fingerprint density at radius 2 is 1.89 bits per heavy atom. The van der Waals surface area contributed by atoms with Crippen LogP contribution in [-0.4, -0.2) is 49.8 Å². The van der Waals surface area contributed by atoms with Crippen LogP contribution in [0, 0.1) is 5.92 Å². The van der Waals surface area contributed by atoms with E-state index in [0.717, 1.165) is 82.9 Å². The summed E-state index contributed by atoms with van der Waals surface area (Å²) < 4.78 is 17.3. The van der Waals surface area contributed by atoms with Gasteiger partial charge in [0.15, 0.2) is 0 Å². The summed E-state index contributed by atoms with van der Waals surface area (Å²) in [5.74, 6) is 2.52. The molecule has 150 valence electrons.